The molecule has 0 aromatic heterocycles. The Hall–Kier alpha value is -1.39. The molecule has 0 aliphatic carbocycles. The van der Waals surface area contributed by atoms with Crippen molar-refractivity contribution in [1.82, 2.24) is 0 Å². The average molecular weight is 358 g/mol. The van der Waals surface area contributed by atoms with Crippen LogP contribution in [-0.4, -0.2) is 24.0 Å². The fourth-order valence-corrected chi connectivity index (χ4v) is 5.88. The molecule has 2 nitrogen and oxygen atoms in total. The third-order valence-electron chi connectivity index (χ3n) is 4.26. The smallest absolute Gasteiger partial charge is 0.258 e. The molecule has 1 aliphatic heterocycles. The van der Waals surface area contributed by atoms with Gasteiger partial charge in [-0.1, -0.05) is 29.8 Å². The van der Waals surface area contributed by atoms with Gasteiger partial charge in [-0.25, -0.2) is 0 Å². The van der Waals surface area contributed by atoms with Gasteiger partial charge < -0.3 is 4.90 Å². The second-order valence-electron chi connectivity index (χ2n) is 6.03. The number of hydrogen-bond donors (Lipinski definition) is 0. The first-order valence-corrected chi connectivity index (χ1v) is 10.4. The van der Waals surface area contributed by atoms with Crippen molar-refractivity contribution in [2.24, 2.45) is 0 Å². The molecule has 1 fully saturated rings. The van der Waals surface area contributed by atoms with E-state index in [1.807, 2.05) is 53.5 Å². The quantitative estimate of drug-likeness (QED) is 0.726. The van der Waals surface area contributed by atoms with Gasteiger partial charge in [0.15, 0.2) is 0 Å². The maximum Gasteiger partial charge on any atom is 0.258 e. The summed E-state index contributed by atoms with van der Waals surface area (Å²) in [4.78, 5) is 14.8. The highest BCUT2D eigenvalue weighted by atomic mass is 32.2. The van der Waals surface area contributed by atoms with Crippen molar-refractivity contribution in [3.63, 3.8) is 0 Å². The summed E-state index contributed by atoms with van der Waals surface area (Å²) in [5, 5.41) is 0. The summed E-state index contributed by atoms with van der Waals surface area (Å²) in [6, 6.07) is 14.4. The Kier molecular flexibility index (Phi) is 5.57. The monoisotopic (exact) mass is 357 g/mol. The van der Waals surface area contributed by atoms with Gasteiger partial charge in [0, 0.05) is 29.3 Å². The molecule has 0 saturated carbocycles. The van der Waals surface area contributed by atoms with Crippen LogP contribution in [0, 0.1) is 13.8 Å². The van der Waals surface area contributed by atoms with E-state index in [9.17, 15) is 4.79 Å². The van der Waals surface area contributed by atoms with Crippen molar-refractivity contribution in [2.45, 2.75) is 25.4 Å². The molecule has 126 valence electrons. The van der Waals surface area contributed by atoms with E-state index in [0.717, 1.165) is 16.8 Å². The van der Waals surface area contributed by atoms with E-state index in [0.29, 0.717) is 11.1 Å². The van der Waals surface area contributed by atoms with Gasteiger partial charge >= 0.3 is 0 Å². The molecule has 0 bridgehead atoms. The molecular formula is C20H23NOS2. The number of anilines is 1. The lowest BCUT2D eigenvalue weighted by Gasteiger charge is -2.23. The van der Waals surface area contributed by atoms with Crippen LogP contribution >= 0.6 is 23.5 Å². The molecule has 1 saturated heterocycles. The van der Waals surface area contributed by atoms with Gasteiger partial charge in [0.25, 0.3) is 5.91 Å². The molecule has 24 heavy (non-hydrogen) atoms. The molecule has 2 aromatic carbocycles. The zero-order chi connectivity index (χ0) is 17.1. The highest BCUT2D eigenvalue weighted by molar-refractivity contribution is 8.19. The van der Waals surface area contributed by atoms with Crippen LogP contribution in [0.1, 0.15) is 38.6 Å². The molecule has 2 aromatic rings. The first-order valence-electron chi connectivity index (χ1n) is 8.32. The largest absolute Gasteiger partial charge is 0.308 e. The van der Waals surface area contributed by atoms with Crippen LogP contribution in [0.5, 0.6) is 0 Å². The normalized spacial score (nSPS) is 14.8. The summed E-state index contributed by atoms with van der Waals surface area (Å²) in [5.74, 6) is 2.50. The number of amides is 1. The summed E-state index contributed by atoms with van der Waals surface area (Å²) >= 11 is 3.98. The fourth-order valence-electron chi connectivity index (χ4n) is 3.02. The van der Waals surface area contributed by atoms with Gasteiger partial charge in [0.05, 0.1) is 4.58 Å². The van der Waals surface area contributed by atoms with Crippen molar-refractivity contribution < 1.29 is 4.79 Å². The Labute approximate surface area is 153 Å². The molecule has 0 radical (unpaired) electrons. The number of carbonyl (C=O) groups is 1. The zero-order valence-corrected chi connectivity index (χ0v) is 16.0. The molecule has 0 N–H and O–H groups in total. The zero-order valence-electron chi connectivity index (χ0n) is 14.4. The summed E-state index contributed by atoms with van der Waals surface area (Å²) in [6.45, 7) is 6.83. The van der Waals surface area contributed by atoms with Gasteiger partial charge in [-0.05, 0) is 50.1 Å². The molecular weight excluding hydrogens is 334 g/mol. The molecule has 0 unspecified atom stereocenters. The van der Waals surface area contributed by atoms with Gasteiger partial charge in [-0.3, -0.25) is 4.79 Å². The minimum absolute atomic E-state index is 0.0720. The van der Waals surface area contributed by atoms with Crippen molar-refractivity contribution in [3.8, 4) is 0 Å². The highest BCUT2D eigenvalue weighted by Gasteiger charge is 2.20. The van der Waals surface area contributed by atoms with Crippen molar-refractivity contribution in [1.29, 1.82) is 0 Å². The third-order valence-corrected chi connectivity index (χ3v) is 7.36. The van der Waals surface area contributed by atoms with Gasteiger partial charge in [-0.15, -0.1) is 23.5 Å². The second kappa shape index (κ2) is 7.66. The SMILES string of the molecule is CCN(C(=O)c1ccc(C2SCCS2)cc1)c1ccc(C)cc1C. The molecule has 1 aliphatic rings. The Bertz CT molecular complexity index is 721. The van der Waals surface area contributed by atoms with Crippen LogP contribution < -0.4 is 4.90 Å². The minimum atomic E-state index is 0.0720. The lowest BCUT2D eigenvalue weighted by atomic mass is 10.1. The molecule has 1 heterocycles. The number of nitrogens with zero attached hydrogens (tertiary/aromatic N) is 1. The standard InChI is InChI=1S/C20H23NOS2/c1-4-21(18-10-5-14(2)13-15(18)3)19(22)16-6-8-17(9-7-16)20-23-11-12-24-20/h5-10,13,20H,4,11-12H2,1-3H3. The van der Waals surface area contributed by atoms with E-state index < -0.39 is 0 Å². The summed E-state index contributed by atoms with van der Waals surface area (Å²) < 4.78 is 0.524. The number of carbonyl (C=O) groups excluding carboxylic acids is 1. The fraction of sp³-hybridized carbons (Fsp3) is 0.350. The van der Waals surface area contributed by atoms with E-state index >= 15 is 0 Å². The Balaban J connectivity index is 1.83. The van der Waals surface area contributed by atoms with E-state index in [-0.39, 0.29) is 5.91 Å². The van der Waals surface area contributed by atoms with Crippen molar-refractivity contribution in [2.75, 3.05) is 23.0 Å². The molecule has 0 atom stereocenters. The number of hydrogen-bond acceptors (Lipinski definition) is 3. The van der Waals surface area contributed by atoms with Crippen LogP contribution in [0.3, 0.4) is 0 Å². The van der Waals surface area contributed by atoms with Crippen LogP contribution in [-0.2, 0) is 0 Å². The molecule has 0 spiro atoms. The first kappa shape index (κ1) is 17.4. The van der Waals surface area contributed by atoms with E-state index in [2.05, 4.69) is 38.1 Å². The van der Waals surface area contributed by atoms with Crippen molar-refractivity contribution in [3.05, 3.63) is 64.7 Å². The van der Waals surface area contributed by atoms with E-state index in [1.54, 1.807) is 0 Å². The number of thioether (sulfide) groups is 2. The maximum absolute atomic E-state index is 13.0. The lowest BCUT2D eigenvalue weighted by Crippen LogP contribution is -2.31. The van der Waals surface area contributed by atoms with Crippen LogP contribution in [0.25, 0.3) is 0 Å². The Morgan fingerprint density at radius 2 is 1.75 bits per heavy atom. The number of benzene rings is 2. The summed E-state index contributed by atoms with van der Waals surface area (Å²) in [7, 11) is 0. The van der Waals surface area contributed by atoms with Gasteiger partial charge in [0.2, 0.25) is 0 Å². The van der Waals surface area contributed by atoms with Crippen LogP contribution in [0.15, 0.2) is 42.5 Å². The predicted molar refractivity (Wildman–Crippen MR) is 107 cm³/mol. The maximum atomic E-state index is 13.0. The summed E-state index contributed by atoms with van der Waals surface area (Å²) in [5.41, 5.74) is 5.43. The summed E-state index contributed by atoms with van der Waals surface area (Å²) in [6.07, 6.45) is 0. The highest BCUT2D eigenvalue weighted by Crippen LogP contribution is 2.45. The molecule has 1 amide bonds. The number of aryl methyl sites for hydroxylation is 2. The van der Waals surface area contributed by atoms with Gasteiger partial charge in [0.1, 0.15) is 0 Å². The van der Waals surface area contributed by atoms with Crippen LogP contribution in [0.4, 0.5) is 5.69 Å². The van der Waals surface area contributed by atoms with E-state index in [4.69, 9.17) is 0 Å². The molecule has 3 rings (SSSR count). The van der Waals surface area contributed by atoms with Gasteiger partial charge in [-0.2, -0.15) is 0 Å². The topological polar surface area (TPSA) is 20.3 Å². The van der Waals surface area contributed by atoms with Crippen LogP contribution in [0.2, 0.25) is 0 Å². The Morgan fingerprint density at radius 3 is 2.33 bits per heavy atom. The molecule has 4 heteroatoms. The first-order chi connectivity index (χ1) is 11.6. The Morgan fingerprint density at radius 1 is 1.08 bits per heavy atom. The predicted octanol–water partition coefficient (Wildman–Crippen LogP) is 5.45. The van der Waals surface area contributed by atoms with Crippen molar-refractivity contribution >= 4 is 35.1 Å². The third kappa shape index (κ3) is 3.65. The second-order valence-corrected chi connectivity index (χ2v) is 8.76. The average Bonchev–Trinajstić information content (AvgIpc) is 3.12. The van der Waals surface area contributed by atoms with E-state index in [1.165, 1.54) is 22.6 Å². The number of rotatable bonds is 4. The minimum Gasteiger partial charge on any atom is -0.308 e. The lowest BCUT2D eigenvalue weighted by molar-refractivity contribution is 0.0988.